The minimum absolute atomic E-state index is 0.104. The van der Waals surface area contributed by atoms with Crippen LogP contribution < -0.4 is 11.1 Å². The highest BCUT2D eigenvalue weighted by molar-refractivity contribution is 14.1. The predicted octanol–water partition coefficient (Wildman–Crippen LogP) is 5.95. The number of carbonyl (C=O) groups is 1. The number of hydrogen-bond acceptors (Lipinski definition) is 3. The van der Waals surface area contributed by atoms with Crippen LogP contribution in [0.5, 0.6) is 0 Å². The number of amides is 1. The minimum Gasteiger partial charge on any atom is -0.350 e. The normalized spacial score (nSPS) is 15.6. The Morgan fingerprint density at radius 1 is 1.24 bits per heavy atom. The summed E-state index contributed by atoms with van der Waals surface area (Å²) in [4.78, 5) is 18.4. The molecule has 2 aromatic heterocycles. The van der Waals surface area contributed by atoms with Gasteiger partial charge in [-0.1, -0.05) is 34.2 Å². The molecule has 34 heavy (non-hydrogen) atoms. The summed E-state index contributed by atoms with van der Waals surface area (Å²) in [7, 11) is 2.03. The van der Waals surface area contributed by atoms with E-state index in [9.17, 15) is 4.79 Å². The number of aryl methyl sites for hydroxylation is 1. The average Bonchev–Trinajstić information content (AvgIpc) is 3.17. The van der Waals surface area contributed by atoms with E-state index < -0.39 is 0 Å². The van der Waals surface area contributed by atoms with Gasteiger partial charge in [0.1, 0.15) is 0 Å². The highest BCUT2D eigenvalue weighted by Crippen LogP contribution is 2.33. The van der Waals surface area contributed by atoms with Crippen molar-refractivity contribution in [2.75, 3.05) is 13.1 Å². The van der Waals surface area contributed by atoms with Gasteiger partial charge in [0.25, 0.3) is 5.91 Å². The van der Waals surface area contributed by atoms with Crippen LogP contribution in [0.25, 0.3) is 33.1 Å². The number of carbonyl (C=O) groups excluding carboxylic acids is 1. The zero-order valence-electron chi connectivity index (χ0n) is 18.7. The SMILES string of the molecule is Cn1cc(-c2cc(C(=O)NCC3=CCC(CN)C=C3)c3cc(I)ccc3n2)c2cc(Br)ccc21. The van der Waals surface area contributed by atoms with Crippen molar-refractivity contribution in [2.24, 2.45) is 18.7 Å². The number of fused-ring (bicyclic) bond motifs is 2. The van der Waals surface area contributed by atoms with Crippen molar-refractivity contribution < 1.29 is 4.79 Å². The molecule has 3 N–H and O–H groups in total. The molecule has 0 bridgehead atoms. The number of benzene rings is 2. The van der Waals surface area contributed by atoms with Gasteiger partial charge in [-0.3, -0.25) is 4.79 Å². The Labute approximate surface area is 220 Å². The fourth-order valence-electron chi connectivity index (χ4n) is 4.38. The number of nitrogens with two attached hydrogens (primary N) is 1. The molecule has 0 fully saturated rings. The Hall–Kier alpha value is -2.49. The molecule has 1 aliphatic rings. The lowest BCUT2D eigenvalue weighted by Crippen LogP contribution is -2.26. The van der Waals surface area contributed by atoms with Crippen LogP contribution in [0.2, 0.25) is 0 Å². The van der Waals surface area contributed by atoms with Gasteiger partial charge in [0.2, 0.25) is 0 Å². The molecule has 2 aromatic carbocycles. The number of pyridine rings is 1. The van der Waals surface area contributed by atoms with Gasteiger partial charge in [0.05, 0.1) is 16.8 Å². The van der Waals surface area contributed by atoms with Gasteiger partial charge >= 0.3 is 0 Å². The highest BCUT2D eigenvalue weighted by atomic mass is 127. The fourth-order valence-corrected chi connectivity index (χ4v) is 5.24. The van der Waals surface area contributed by atoms with Crippen LogP contribution in [0.15, 0.2) is 76.9 Å². The summed E-state index contributed by atoms with van der Waals surface area (Å²) < 4.78 is 4.16. The second-order valence-electron chi connectivity index (χ2n) is 8.58. The lowest BCUT2D eigenvalue weighted by molar-refractivity contribution is 0.0959. The van der Waals surface area contributed by atoms with Gasteiger partial charge in [-0.2, -0.15) is 0 Å². The number of hydrogen-bond donors (Lipinski definition) is 2. The number of aromatic nitrogens is 2. The lowest BCUT2D eigenvalue weighted by atomic mass is 9.97. The first-order valence-electron chi connectivity index (χ1n) is 11.1. The third-order valence-electron chi connectivity index (χ3n) is 6.26. The third-order valence-corrected chi connectivity index (χ3v) is 7.43. The fraction of sp³-hybridized carbons (Fsp3) is 0.185. The summed E-state index contributed by atoms with van der Waals surface area (Å²) in [6.07, 6.45) is 9.34. The molecule has 5 nitrogen and oxygen atoms in total. The van der Waals surface area contributed by atoms with Gasteiger partial charge in [-0.05, 0) is 89.5 Å². The molecular formula is C27H24BrIN4O. The molecule has 5 rings (SSSR count). The molecule has 1 unspecified atom stereocenters. The van der Waals surface area contributed by atoms with Crippen LogP contribution in [0.4, 0.5) is 0 Å². The van der Waals surface area contributed by atoms with Gasteiger partial charge in [0.15, 0.2) is 0 Å². The van der Waals surface area contributed by atoms with Crippen LogP contribution in [-0.4, -0.2) is 28.5 Å². The molecule has 172 valence electrons. The molecule has 0 aliphatic heterocycles. The number of nitrogens with zero attached hydrogens (tertiary/aromatic N) is 2. The van der Waals surface area contributed by atoms with Crippen LogP contribution in [0.1, 0.15) is 16.8 Å². The first-order valence-corrected chi connectivity index (χ1v) is 13.0. The molecule has 0 spiro atoms. The van der Waals surface area contributed by atoms with E-state index in [0.717, 1.165) is 53.1 Å². The second kappa shape index (κ2) is 9.64. The number of allylic oxidation sites excluding steroid dienone is 1. The minimum atomic E-state index is -0.104. The maximum absolute atomic E-state index is 13.4. The molecular weight excluding hydrogens is 603 g/mol. The summed E-state index contributed by atoms with van der Waals surface area (Å²) >= 11 is 5.86. The maximum Gasteiger partial charge on any atom is 0.252 e. The summed E-state index contributed by atoms with van der Waals surface area (Å²) in [6.45, 7) is 1.12. The van der Waals surface area contributed by atoms with Crippen molar-refractivity contribution in [2.45, 2.75) is 6.42 Å². The van der Waals surface area contributed by atoms with Crippen molar-refractivity contribution >= 4 is 66.2 Å². The summed E-state index contributed by atoms with van der Waals surface area (Å²) in [5.74, 6) is 0.279. The standard InChI is InChI=1S/C27H24BrIN4O/c1-33-15-23(21-10-18(28)6-9-26(21)33)25-12-22(20-11-19(29)7-8-24(20)32-25)27(34)31-14-17-4-2-16(13-30)3-5-17/h2,4-12,15-16H,3,13-14,30H2,1H3,(H,31,34). The molecule has 7 heteroatoms. The van der Waals surface area contributed by atoms with Crippen molar-refractivity contribution in [3.63, 3.8) is 0 Å². The van der Waals surface area contributed by atoms with E-state index in [1.54, 1.807) is 0 Å². The molecule has 0 saturated carbocycles. The van der Waals surface area contributed by atoms with Crippen molar-refractivity contribution in [1.82, 2.24) is 14.9 Å². The molecule has 0 radical (unpaired) electrons. The monoisotopic (exact) mass is 626 g/mol. The zero-order valence-corrected chi connectivity index (χ0v) is 22.4. The number of nitrogens with one attached hydrogen (secondary N) is 1. The Bertz CT molecular complexity index is 1490. The quantitative estimate of drug-likeness (QED) is 0.269. The van der Waals surface area contributed by atoms with E-state index in [-0.39, 0.29) is 5.91 Å². The summed E-state index contributed by atoms with van der Waals surface area (Å²) in [5, 5.41) is 5.05. The summed E-state index contributed by atoms with van der Waals surface area (Å²) in [6, 6.07) is 14.2. The van der Waals surface area contributed by atoms with Gasteiger partial charge in [-0.25, -0.2) is 4.98 Å². The smallest absolute Gasteiger partial charge is 0.252 e. The van der Waals surface area contributed by atoms with Crippen LogP contribution >= 0.6 is 38.5 Å². The lowest BCUT2D eigenvalue weighted by Gasteiger charge is -2.15. The molecule has 4 aromatic rings. The van der Waals surface area contributed by atoms with Crippen molar-refractivity contribution in [3.05, 3.63) is 86.1 Å². The van der Waals surface area contributed by atoms with E-state index in [2.05, 4.69) is 85.0 Å². The van der Waals surface area contributed by atoms with Gasteiger partial charge in [0, 0.05) is 49.7 Å². The van der Waals surface area contributed by atoms with E-state index >= 15 is 0 Å². The van der Waals surface area contributed by atoms with Crippen molar-refractivity contribution in [3.8, 4) is 11.3 Å². The van der Waals surface area contributed by atoms with Crippen LogP contribution in [0, 0.1) is 9.49 Å². The van der Waals surface area contributed by atoms with Crippen LogP contribution in [-0.2, 0) is 7.05 Å². The highest BCUT2D eigenvalue weighted by Gasteiger charge is 2.18. The molecule has 1 aliphatic carbocycles. The van der Waals surface area contributed by atoms with E-state index in [4.69, 9.17) is 10.7 Å². The molecule has 1 atom stereocenters. The molecule has 0 saturated heterocycles. The first kappa shape index (κ1) is 23.3. The van der Waals surface area contributed by atoms with Gasteiger partial charge < -0.3 is 15.6 Å². The Balaban J connectivity index is 1.55. The number of rotatable bonds is 5. The Morgan fingerprint density at radius 2 is 2.09 bits per heavy atom. The second-order valence-corrected chi connectivity index (χ2v) is 10.7. The topological polar surface area (TPSA) is 72.9 Å². The third kappa shape index (κ3) is 4.56. The van der Waals surface area contributed by atoms with Crippen molar-refractivity contribution in [1.29, 1.82) is 0 Å². The predicted molar refractivity (Wildman–Crippen MR) is 151 cm³/mol. The maximum atomic E-state index is 13.4. The Kier molecular flexibility index (Phi) is 6.59. The molecule has 1 amide bonds. The average molecular weight is 627 g/mol. The van der Waals surface area contributed by atoms with Gasteiger partial charge in [-0.15, -0.1) is 0 Å². The van der Waals surface area contributed by atoms with E-state index in [0.29, 0.717) is 24.6 Å². The van der Waals surface area contributed by atoms with E-state index in [1.807, 2.05) is 37.4 Å². The summed E-state index contributed by atoms with van der Waals surface area (Å²) in [5.41, 5.74) is 11.2. The van der Waals surface area contributed by atoms with E-state index in [1.165, 1.54) is 0 Å². The number of halogens is 2. The Morgan fingerprint density at radius 3 is 2.85 bits per heavy atom. The zero-order chi connectivity index (χ0) is 23.8. The van der Waals surface area contributed by atoms with Crippen LogP contribution in [0.3, 0.4) is 0 Å². The first-order chi connectivity index (χ1) is 16.4. The molecule has 2 heterocycles. The largest absolute Gasteiger partial charge is 0.350 e.